The van der Waals surface area contributed by atoms with Gasteiger partial charge in [0, 0.05) is 5.56 Å². The summed E-state index contributed by atoms with van der Waals surface area (Å²) in [6.45, 7) is 0. The van der Waals surface area contributed by atoms with E-state index in [1.165, 1.54) is 24.3 Å². The summed E-state index contributed by atoms with van der Waals surface area (Å²) in [5, 5.41) is 8.87. The molecule has 1 aliphatic heterocycles. The number of hydrogen-bond acceptors (Lipinski definition) is 3. The molecule has 0 aromatic heterocycles. The molecule has 0 fully saturated rings. The number of amides is 2. The average Bonchev–Trinajstić information content (AvgIpc) is 2.48. The quantitative estimate of drug-likeness (QED) is 0.855. The van der Waals surface area contributed by atoms with Gasteiger partial charge in [0.2, 0.25) is 5.91 Å². The molecule has 1 heterocycles. The van der Waals surface area contributed by atoms with E-state index in [9.17, 15) is 14.4 Å². The van der Waals surface area contributed by atoms with Gasteiger partial charge in [-0.25, -0.2) is 9.69 Å². The minimum Gasteiger partial charge on any atom is -0.478 e. The maximum absolute atomic E-state index is 12.4. The number of anilines is 1. The van der Waals surface area contributed by atoms with E-state index in [-0.39, 0.29) is 23.8 Å². The van der Waals surface area contributed by atoms with Crippen LogP contribution in [0, 0.1) is 0 Å². The van der Waals surface area contributed by atoms with Crippen molar-refractivity contribution in [1.29, 1.82) is 0 Å². The molecule has 2 aromatic carbocycles. The number of fused-ring (bicyclic) bond motifs is 1. The molecule has 0 spiro atoms. The zero-order chi connectivity index (χ0) is 15.0. The lowest BCUT2D eigenvalue weighted by molar-refractivity contribution is -0.117. The lowest BCUT2D eigenvalue weighted by atomic mass is 9.98. The predicted molar refractivity (Wildman–Crippen MR) is 75.4 cm³/mol. The summed E-state index contributed by atoms with van der Waals surface area (Å²) < 4.78 is 0. The minimum absolute atomic E-state index is 0.107. The largest absolute Gasteiger partial charge is 0.478 e. The summed E-state index contributed by atoms with van der Waals surface area (Å²) in [7, 11) is 0. The normalized spacial score (nSPS) is 14.0. The summed E-state index contributed by atoms with van der Waals surface area (Å²) in [6.07, 6.45) is 0.155. The Morgan fingerprint density at radius 2 is 1.67 bits per heavy atom. The van der Waals surface area contributed by atoms with Gasteiger partial charge < -0.3 is 5.11 Å². The van der Waals surface area contributed by atoms with E-state index >= 15 is 0 Å². The Balaban J connectivity index is 2.01. The third-order valence-electron chi connectivity index (χ3n) is 3.41. The van der Waals surface area contributed by atoms with E-state index in [0.29, 0.717) is 16.8 Å². The third kappa shape index (κ3) is 2.18. The van der Waals surface area contributed by atoms with Gasteiger partial charge in [-0.1, -0.05) is 18.2 Å². The Morgan fingerprint density at radius 1 is 1.00 bits per heavy atom. The lowest BCUT2D eigenvalue weighted by Crippen LogP contribution is -2.42. The fourth-order valence-electron chi connectivity index (χ4n) is 2.37. The van der Waals surface area contributed by atoms with Gasteiger partial charge in [0.05, 0.1) is 17.7 Å². The van der Waals surface area contributed by atoms with E-state index in [0.717, 1.165) is 4.90 Å². The summed E-state index contributed by atoms with van der Waals surface area (Å²) in [5.41, 5.74) is 1.70. The van der Waals surface area contributed by atoms with Gasteiger partial charge in [0.25, 0.3) is 5.91 Å². The number of carboxylic acid groups (broad SMARTS) is 1. The van der Waals surface area contributed by atoms with Crippen LogP contribution in [-0.2, 0) is 11.2 Å². The van der Waals surface area contributed by atoms with Crippen LogP contribution in [0.1, 0.15) is 26.3 Å². The summed E-state index contributed by atoms with van der Waals surface area (Å²) >= 11 is 0. The number of imide groups is 1. The van der Waals surface area contributed by atoms with Crippen molar-refractivity contribution in [2.24, 2.45) is 0 Å². The fraction of sp³-hybridized carbons (Fsp3) is 0.0625. The van der Waals surface area contributed by atoms with Gasteiger partial charge in [0.15, 0.2) is 0 Å². The first-order valence-corrected chi connectivity index (χ1v) is 6.36. The van der Waals surface area contributed by atoms with Crippen molar-refractivity contribution >= 4 is 23.5 Å². The van der Waals surface area contributed by atoms with Crippen LogP contribution in [0.25, 0.3) is 0 Å². The first-order valence-electron chi connectivity index (χ1n) is 6.36. The highest BCUT2D eigenvalue weighted by atomic mass is 16.4. The van der Waals surface area contributed by atoms with Crippen molar-refractivity contribution in [2.75, 3.05) is 4.90 Å². The average molecular weight is 281 g/mol. The molecule has 0 saturated heterocycles. The smallest absolute Gasteiger partial charge is 0.335 e. The number of aromatic carboxylic acids is 1. The van der Waals surface area contributed by atoms with Crippen molar-refractivity contribution in [3.8, 4) is 0 Å². The molecule has 0 radical (unpaired) electrons. The van der Waals surface area contributed by atoms with E-state index in [4.69, 9.17) is 5.11 Å². The molecule has 104 valence electrons. The first-order chi connectivity index (χ1) is 10.1. The summed E-state index contributed by atoms with van der Waals surface area (Å²) in [6, 6.07) is 12.7. The maximum Gasteiger partial charge on any atom is 0.335 e. The number of hydrogen-bond donors (Lipinski definition) is 1. The van der Waals surface area contributed by atoms with E-state index in [1.807, 2.05) is 0 Å². The van der Waals surface area contributed by atoms with Crippen LogP contribution in [0.2, 0.25) is 0 Å². The van der Waals surface area contributed by atoms with E-state index in [1.54, 1.807) is 24.3 Å². The Kier molecular flexibility index (Phi) is 3.02. The van der Waals surface area contributed by atoms with Gasteiger partial charge >= 0.3 is 5.97 Å². The fourth-order valence-corrected chi connectivity index (χ4v) is 2.37. The maximum atomic E-state index is 12.4. The molecule has 1 N–H and O–H groups in total. The highest BCUT2D eigenvalue weighted by Crippen LogP contribution is 2.25. The zero-order valence-electron chi connectivity index (χ0n) is 10.9. The topological polar surface area (TPSA) is 74.7 Å². The molecular weight excluding hydrogens is 270 g/mol. The van der Waals surface area contributed by atoms with Crippen LogP contribution >= 0.6 is 0 Å². The van der Waals surface area contributed by atoms with E-state index in [2.05, 4.69) is 0 Å². The zero-order valence-corrected chi connectivity index (χ0v) is 10.9. The van der Waals surface area contributed by atoms with Crippen LogP contribution in [0.3, 0.4) is 0 Å². The van der Waals surface area contributed by atoms with Crippen LogP contribution in [-0.4, -0.2) is 22.9 Å². The van der Waals surface area contributed by atoms with Crippen LogP contribution in [0.15, 0.2) is 48.5 Å². The molecular formula is C16H11NO4. The van der Waals surface area contributed by atoms with Gasteiger partial charge in [-0.2, -0.15) is 0 Å². The van der Waals surface area contributed by atoms with Gasteiger partial charge in [-0.05, 0) is 35.9 Å². The summed E-state index contributed by atoms with van der Waals surface area (Å²) in [4.78, 5) is 36.5. The molecule has 2 amide bonds. The Labute approximate surface area is 120 Å². The van der Waals surface area contributed by atoms with Crippen molar-refractivity contribution in [3.05, 3.63) is 65.2 Å². The van der Waals surface area contributed by atoms with E-state index < -0.39 is 5.97 Å². The Bertz CT molecular complexity index is 749. The first kappa shape index (κ1) is 13.1. The predicted octanol–water partition coefficient (Wildman–Crippen LogP) is 2.11. The molecule has 5 nitrogen and oxygen atoms in total. The van der Waals surface area contributed by atoms with Crippen molar-refractivity contribution < 1.29 is 19.5 Å². The standard InChI is InChI=1S/C16H11NO4/c18-14-9-11-3-1-2-4-13(11)15(19)17(14)12-7-5-10(6-8-12)16(20)21/h1-8H,9H2,(H,20,21). The molecule has 0 unspecified atom stereocenters. The highest BCUT2D eigenvalue weighted by Gasteiger charge is 2.31. The number of rotatable bonds is 2. The van der Waals surface area contributed by atoms with Crippen LogP contribution < -0.4 is 4.90 Å². The Hall–Kier alpha value is -2.95. The van der Waals surface area contributed by atoms with Crippen molar-refractivity contribution in [3.63, 3.8) is 0 Å². The lowest BCUT2D eigenvalue weighted by Gasteiger charge is -2.26. The molecule has 5 heteroatoms. The SMILES string of the molecule is O=C(O)c1ccc(N2C(=O)Cc3ccccc3C2=O)cc1. The van der Waals surface area contributed by atoms with Crippen molar-refractivity contribution in [1.82, 2.24) is 0 Å². The number of benzene rings is 2. The van der Waals surface area contributed by atoms with Crippen LogP contribution in [0.4, 0.5) is 5.69 Å². The third-order valence-corrected chi connectivity index (χ3v) is 3.41. The molecule has 0 bridgehead atoms. The van der Waals surface area contributed by atoms with Crippen LogP contribution in [0.5, 0.6) is 0 Å². The van der Waals surface area contributed by atoms with Gasteiger partial charge in [-0.15, -0.1) is 0 Å². The van der Waals surface area contributed by atoms with Gasteiger partial charge in [0.1, 0.15) is 0 Å². The Morgan fingerprint density at radius 3 is 2.33 bits per heavy atom. The molecule has 0 atom stereocenters. The molecule has 0 saturated carbocycles. The number of carbonyl (C=O) groups is 3. The van der Waals surface area contributed by atoms with Gasteiger partial charge in [-0.3, -0.25) is 9.59 Å². The number of nitrogens with zero attached hydrogens (tertiary/aromatic N) is 1. The molecule has 0 aliphatic carbocycles. The highest BCUT2D eigenvalue weighted by molar-refractivity contribution is 6.24. The van der Waals surface area contributed by atoms with Crippen molar-refractivity contribution in [2.45, 2.75) is 6.42 Å². The monoisotopic (exact) mass is 281 g/mol. The molecule has 2 aromatic rings. The minimum atomic E-state index is -1.05. The number of carboxylic acids is 1. The summed E-state index contributed by atoms with van der Waals surface area (Å²) in [5.74, 6) is -1.75. The second-order valence-corrected chi connectivity index (χ2v) is 4.72. The molecule has 3 rings (SSSR count). The molecule has 1 aliphatic rings. The second kappa shape index (κ2) is 4.86. The number of carbonyl (C=O) groups excluding carboxylic acids is 2. The molecule has 21 heavy (non-hydrogen) atoms. The second-order valence-electron chi connectivity index (χ2n) is 4.72.